The van der Waals surface area contributed by atoms with Gasteiger partial charge in [-0.1, -0.05) is 0 Å². The summed E-state index contributed by atoms with van der Waals surface area (Å²) in [5.74, 6) is -0.156. The first kappa shape index (κ1) is 13.8. The first-order valence-corrected chi connectivity index (χ1v) is 7.77. The molecule has 0 spiro atoms. The smallest absolute Gasteiger partial charge is 0.123 e. The van der Waals surface area contributed by atoms with E-state index in [-0.39, 0.29) is 5.82 Å². The van der Waals surface area contributed by atoms with Crippen LogP contribution < -0.4 is 10.2 Å². The summed E-state index contributed by atoms with van der Waals surface area (Å²) in [5.41, 5.74) is 1.14. The molecular formula is C16H24FN3. The summed E-state index contributed by atoms with van der Waals surface area (Å²) in [4.78, 5) is 4.91. The van der Waals surface area contributed by atoms with Crippen molar-refractivity contribution < 1.29 is 4.39 Å². The number of benzene rings is 1. The summed E-state index contributed by atoms with van der Waals surface area (Å²) in [7, 11) is 0. The number of hydrogen-bond donors (Lipinski definition) is 1. The first-order chi connectivity index (χ1) is 9.81. The number of anilines is 1. The molecule has 0 bridgehead atoms. The van der Waals surface area contributed by atoms with Gasteiger partial charge in [0.05, 0.1) is 0 Å². The Labute approximate surface area is 120 Å². The summed E-state index contributed by atoms with van der Waals surface area (Å²) in [5, 5.41) is 3.56. The maximum Gasteiger partial charge on any atom is 0.123 e. The number of piperazine rings is 1. The Balaban J connectivity index is 1.43. The molecule has 1 aromatic rings. The summed E-state index contributed by atoms with van der Waals surface area (Å²) in [6, 6.07) is 7.60. The maximum absolute atomic E-state index is 12.9. The highest BCUT2D eigenvalue weighted by Crippen LogP contribution is 2.17. The molecule has 3 nitrogen and oxygen atoms in total. The molecule has 0 amide bonds. The summed E-state index contributed by atoms with van der Waals surface area (Å²) < 4.78 is 12.9. The fourth-order valence-corrected chi connectivity index (χ4v) is 3.22. The van der Waals surface area contributed by atoms with Gasteiger partial charge in [0.15, 0.2) is 0 Å². The molecule has 2 aliphatic rings. The molecule has 1 aromatic carbocycles. The molecule has 1 atom stereocenters. The van der Waals surface area contributed by atoms with Crippen LogP contribution in [0.25, 0.3) is 0 Å². The second kappa shape index (κ2) is 6.55. The van der Waals surface area contributed by atoms with E-state index in [1.54, 1.807) is 12.1 Å². The van der Waals surface area contributed by atoms with E-state index < -0.39 is 0 Å². The van der Waals surface area contributed by atoms with Crippen LogP contribution in [0.4, 0.5) is 10.1 Å². The highest BCUT2D eigenvalue weighted by molar-refractivity contribution is 5.46. The average Bonchev–Trinajstić information content (AvgIpc) is 3.00. The number of nitrogens with one attached hydrogen (secondary N) is 1. The van der Waals surface area contributed by atoms with Crippen molar-refractivity contribution in [1.82, 2.24) is 10.2 Å². The van der Waals surface area contributed by atoms with Crippen LogP contribution in [0, 0.1) is 5.82 Å². The van der Waals surface area contributed by atoms with Gasteiger partial charge in [0.2, 0.25) is 0 Å². The zero-order valence-electron chi connectivity index (χ0n) is 12.0. The lowest BCUT2D eigenvalue weighted by atomic mass is 10.1. The topological polar surface area (TPSA) is 18.5 Å². The van der Waals surface area contributed by atoms with Crippen LogP contribution in [-0.4, -0.2) is 50.2 Å². The van der Waals surface area contributed by atoms with Gasteiger partial charge in [-0.3, -0.25) is 4.90 Å². The molecule has 0 saturated carbocycles. The van der Waals surface area contributed by atoms with E-state index in [1.807, 2.05) is 12.1 Å². The Kier molecular flexibility index (Phi) is 4.53. The van der Waals surface area contributed by atoms with Gasteiger partial charge in [-0.05, 0) is 56.6 Å². The van der Waals surface area contributed by atoms with Crippen LogP contribution in [0.15, 0.2) is 24.3 Å². The van der Waals surface area contributed by atoms with Crippen molar-refractivity contribution >= 4 is 5.69 Å². The molecule has 2 fully saturated rings. The zero-order valence-corrected chi connectivity index (χ0v) is 12.0. The quantitative estimate of drug-likeness (QED) is 0.909. The van der Waals surface area contributed by atoms with Crippen LogP contribution in [0.2, 0.25) is 0 Å². The second-order valence-electron chi connectivity index (χ2n) is 5.89. The largest absolute Gasteiger partial charge is 0.369 e. The van der Waals surface area contributed by atoms with Crippen LogP contribution in [-0.2, 0) is 0 Å². The van der Waals surface area contributed by atoms with E-state index in [0.717, 1.165) is 37.9 Å². The van der Waals surface area contributed by atoms with Gasteiger partial charge < -0.3 is 10.2 Å². The molecule has 110 valence electrons. The van der Waals surface area contributed by atoms with E-state index in [2.05, 4.69) is 15.1 Å². The van der Waals surface area contributed by atoms with Gasteiger partial charge >= 0.3 is 0 Å². The minimum absolute atomic E-state index is 0.156. The molecule has 2 aliphatic heterocycles. The van der Waals surface area contributed by atoms with Crippen molar-refractivity contribution in [2.24, 2.45) is 0 Å². The molecule has 1 unspecified atom stereocenters. The van der Waals surface area contributed by atoms with Crippen LogP contribution in [0.1, 0.15) is 19.3 Å². The third kappa shape index (κ3) is 3.49. The van der Waals surface area contributed by atoms with Crippen molar-refractivity contribution in [2.45, 2.75) is 25.3 Å². The summed E-state index contributed by atoms with van der Waals surface area (Å²) in [6.07, 6.45) is 3.95. The number of halogens is 1. The van der Waals surface area contributed by atoms with Gasteiger partial charge in [-0.2, -0.15) is 0 Å². The number of hydrogen-bond acceptors (Lipinski definition) is 3. The van der Waals surface area contributed by atoms with Gasteiger partial charge in [-0.25, -0.2) is 4.39 Å². The van der Waals surface area contributed by atoms with Gasteiger partial charge in [-0.15, -0.1) is 0 Å². The number of nitrogens with zero attached hydrogens (tertiary/aromatic N) is 2. The van der Waals surface area contributed by atoms with Crippen LogP contribution in [0.3, 0.4) is 0 Å². The summed E-state index contributed by atoms with van der Waals surface area (Å²) in [6.45, 7) is 6.72. The third-order valence-corrected chi connectivity index (χ3v) is 4.52. The van der Waals surface area contributed by atoms with Crippen molar-refractivity contribution in [3.05, 3.63) is 30.1 Å². The first-order valence-electron chi connectivity index (χ1n) is 7.77. The minimum Gasteiger partial charge on any atom is -0.369 e. The van der Waals surface area contributed by atoms with Crippen molar-refractivity contribution in [3.8, 4) is 0 Å². The second-order valence-corrected chi connectivity index (χ2v) is 5.89. The SMILES string of the molecule is Fc1ccc(N2CCN(CCC3CCCN3)CC2)cc1. The fourth-order valence-electron chi connectivity index (χ4n) is 3.22. The van der Waals surface area contributed by atoms with E-state index in [4.69, 9.17) is 0 Å². The Morgan fingerprint density at radius 2 is 1.85 bits per heavy atom. The Hall–Kier alpha value is -1.13. The fraction of sp³-hybridized carbons (Fsp3) is 0.625. The van der Waals surface area contributed by atoms with E-state index in [9.17, 15) is 4.39 Å². The molecule has 0 aliphatic carbocycles. The standard InChI is InChI=1S/C16H24FN3/c17-14-3-5-16(6-4-14)20-12-10-19(11-13-20)9-7-15-2-1-8-18-15/h3-6,15,18H,1-2,7-13H2. The van der Waals surface area contributed by atoms with Crippen molar-refractivity contribution in [1.29, 1.82) is 0 Å². The Bertz CT molecular complexity index is 406. The molecule has 2 saturated heterocycles. The minimum atomic E-state index is -0.156. The molecule has 20 heavy (non-hydrogen) atoms. The van der Waals surface area contributed by atoms with Crippen molar-refractivity contribution in [3.63, 3.8) is 0 Å². The van der Waals surface area contributed by atoms with Crippen LogP contribution in [0.5, 0.6) is 0 Å². The highest BCUT2D eigenvalue weighted by Gasteiger charge is 2.19. The molecule has 2 heterocycles. The van der Waals surface area contributed by atoms with Gasteiger partial charge in [0.25, 0.3) is 0 Å². The molecule has 1 N–H and O–H groups in total. The van der Waals surface area contributed by atoms with Crippen LogP contribution >= 0.6 is 0 Å². The Morgan fingerprint density at radius 3 is 2.50 bits per heavy atom. The average molecular weight is 277 g/mol. The Morgan fingerprint density at radius 1 is 1.10 bits per heavy atom. The van der Waals surface area contributed by atoms with E-state index in [0.29, 0.717) is 0 Å². The lowest BCUT2D eigenvalue weighted by molar-refractivity contribution is 0.245. The predicted molar refractivity (Wildman–Crippen MR) is 80.7 cm³/mol. The van der Waals surface area contributed by atoms with E-state index in [1.165, 1.54) is 32.4 Å². The predicted octanol–water partition coefficient (Wildman–Crippen LogP) is 2.09. The third-order valence-electron chi connectivity index (χ3n) is 4.52. The molecular weight excluding hydrogens is 253 g/mol. The monoisotopic (exact) mass is 277 g/mol. The van der Waals surface area contributed by atoms with Crippen molar-refractivity contribution in [2.75, 3.05) is 44.2 Å². The molecule has 0 radical (unpaired) electrons. The highest BCUT2D eigenvalue weighted by atomic mass is 19.1. The van der Waals surface area contributed by atoms with Gasteiger partial charge in [0, 0.05) is 37.9 Å². The lowest BCUT2D eigenvalue weighted by Gasteiger charge is -2.36. The summed E-state index contributed by atoms with van der Waals surface area (Å²) >= 11 is 0. The normalized spacial score (nSPS) is 24.2. The number of rotatable bonds is 4. The van der Waals surface area contributed by atoms with Gasteiger partial charge in [0.1, 0.15) is 5.82 Å². The van der Waals surface area contributed by atoms with E-state index >= 15 is 0 Å². The zero-order chi connectivity index (χ0) is 13.8. The lowest BCUT2D eigenvalue weighted by Crippen LogP contribution is -2.47. The molecule has 0 aromatic heterocycles. The maximum atomic E-state index is 12.9. The molecule has 4 heteroatoms. The molecule has 3 rings (SSSR count).